The molecule has 0 fully saturated rings. The highest BCUT2D eigenvalue weighted by Crippen LogP contribution is 2.21. The van der Waals surface area contributed by atoms with Gasteiger partial charge in [0.05, 0.1) is 0 Å². The van der Waals surface area contributed by atoms with Crippen LogP contribution in [0.1, 0.15) is 0 Å². The Kier molecular flexibility index (Phi) is 2.85. The number of hydrogen-bond donors (Lipinski definition) is 2. The van der Waals surface area contributed by atoms with E-state index in [0.29, 0.717) is 5.82 Å². The van der Waals surface area contributed by atoms with Crippen molar-refractivity contribution >= 4 is 17.4 Å². The van der Waals surface area contributed by atoms with Gasteiger partial charge in [-0.05, 0) is 29.8 Å². The van der Waals surface area contributed by atoms with Crippen LogP contribution in [0.5, 0.6) is 0 Å². The summed E-state index contributed by atoms with van der Waals surface area (Å²) < 4.78 is 0. The predicted molar refractivity (Wildman–Crippen MR) is 62.5 cm³/mol. The molecule has 2 rings (SSSR count). The van der Waals surface area contributed by atoms with E-state index in [2.05, 4.69) is 10.4 Å². The summed E-state index contributed by atoms with van der Waals surface area (Å²) in [6.45, 7) is 0. The average molecular weight is 220 g/mol. The summed E-state index contributed by atoms with van der Waals surface area (Å²) in [5.74, 6) is 5.87. The number of pyridine rings is 1. The third kappa shape index (κ3) is 2.26. The Morgan fingerprint density at radius 1 is 1.00 bits per heavy atom. The van der Waals surface area contributed by atoms with Crippen LogP contribution in [0.4, 0.5) is 5.82 Å². The van der Waals surface area contributed by atoms with Gasteiger partial charge in [-0.3, -0.25) is 0 Å². The Morgan fingerprint density at radius 2 is 1.67 bits per heavy atom. The fourth-order valence-electron chi connectivity index (χ4n) is 1.29. The van der Waals surface area contributed by atoms with E-state index in [9.17, 15) is 0 Å². The maximum atomic E-state index is 5.80. The Morgan fingerprint density at radius 3 is 2.20 bits per heavy atom. The number of nitrogens with two attached hydrogens (primary N) is 1. The topological polar surface area (TPSA) is 50.9 Å². The van der Waals surface area contributed by atoms with E-state index in [0.717, 1.165) is 16.1 Å². The highest BCUT2D eigenvalue weighted by Gasteiger charge is 1.98. The highest BCUT2D eigenvalue weighted by molar-refractivity contribution is 6.30. The lowest BCUT2D eigenvalue weighted by atomic mass is 10.1. The second-order valence-electron chi connectivity index (χ2n) is 3.08. The highest BCUT2D eigenvalue weighted by atomic mass is 35.5. The molecule has 3 nitrogen and oxygen atoms in total. The van der Waals surface area contributed by atoms with Gasteiger partial charge >= 0.3 is 0 Å². The largest absolute Gasteiger partial charge is 0.308 e. The quantitative estimate of drug-likeness (QED) is 0.603. The van der Waals surface area contributed by atoms with Crippen LogP contribution in [0.15, 0.2) is 42.6 Å². The standard InChI is InChI=1S/C11H10ClN3/c12-10-4-1-8(2-5-10)9-3-6-11(15-13)14-7-9/h1-7H,13H2,(H,14,15). The van der Waals surface area contributed by atoms with Gasteiger partial charge in [0, 0.05) is 16.8 Å². The van der Waals surface area contributed by atoms with Crippen LogP contribution in [0.2, 0.25) is 5.02 Å². The second-order valence-corrected chi connectivity index (χ2v) is 3.52. The number of anilines is 1. The SMILES string of the molecule is NNc1ccc(-c2ccc(Cl)cc2)cn1. The van der Waals surface area contributed by atoms with Crippen molar-refractivity contribution in [1.29, 1.82) is 0 Å². The molecule has 0 atom stereocenters. The van der Waals surface area contributed by atoms with Crippen LogP contribution in [-0.4, -0.2) is 4.98 Å². The third-order valence-corrected chi connectivity index (χ3v) is 2.34. The number of nitrogen functional groups attached to an aromatic ring is 1. The molecule has 15 heavy (non-hydrogen) atoms. The van der Waals surface area contributed by atoms with Gasteiger partial charge in [0.2, 0.25) is 0 Å². The summed E-state index contributed by atoms with van der Waals surface area (Å²) in [6.07, 6.45) is 1.76. The predicted octanol–water partition coefficient (Wildman–Crippen LogP) is 2.69. The average Bonchev–Trinajstić information content (AvgIpc) is 2.30. The smallest absolute Gasteiger partial charge is 0.139 e. The molecule has 1 heterocycles. The molecular weight excluding hydrogens is 210 g/mol. The molecular formula is C11H10ClN3. The zero-order valence-electron chi connectivity index (χ0n) is 7.94. The molecule has 0 saturated heterocycles. The number of nitrogens with one attached hydrogen (secondary N) is 1. The lowest BCUT2D eigenvalue weighted by molar-refractivity contribution is 1.23. The van der Waals surface area contributed by atoms with Gasteiger partial charge in [-0.25, -0.2) is 10.8 Å². The lowest BCUT2D eigenvalue weighted by Gasteiger charge is -2.02. The first kappa shape index (κ1) is 9.96. The van der Waals surface area contributed by atoms with Crippen molar-refractivity contribution in [3.63, 3.8) is 0 Å². The van der Waals surface area contributed by atoms with Crippen molar-refractivity contribution in [2.45, 2.75) is 0 Å². The molecule has 0 bridgehead atoms. The van der Waals surface area contributed by atoms with Gasteiger partial charge < -0.3 is 5.43 Å². The maximum Gasteiger partial charge on any atom is 0.139 e. The van der Waals surface area contributed by atoms with Crippen LogP contribution >= 0.6 is 11.6 Å². The Hall–Kier alpha value is -1.58. The number of nitrogens with zero attached hydrogens (tertiary/aromatic N) is 1. The van der Waals surface area contributed by atoms with Gasteiger partial charge in [0.1, 0.15) is 5.82 Å². The van der Waals surface area contributed by atoms with Crippen LogP contribution in [0.3, 0.4) is 0 Å². The fraction of sp³-hybridized carbons (Fsp3) is 0. The summed E-state index contributed by atoms with van der Waals surface area (Å²) >= 11 is 5.80. The summed E-state index contributed by atoms with van der Waals surface area (Å²) in [4.78, 5) is 4.13. The summed E-state index contributed by atoms with van der Waals surface area (Å²) in [5, 5.41) is 0.729. The molecule has 4 heteroatoms. The number of hydrogen-bond acceptors (Lipinski definition) is 3. The first-order valence-electron chi connectivity index (χ1n) is 4.48. The van der Waals surface area contributed by atoms with Crippen LogP contribution in [0, 0.1) is 0 Å². The van der Waals surface area contributed by atoms with Gasteiger partial charge in [-0.2, -0.15) is 0 Å². The monoisotopic (exact) mass is 219 g/mol. The molecule has 0 spiro atoms. The van der Waals surface area contributed by atoms with E-state index in [1.807, 2.05) is 36.4 Å². The van der Waals surface area contributed by atoms with Crippen LogP contribution in [0.25, 0.3) is 11.1 Å². The van der Waals surface area contributed by atoms with Crippen LogP contribution in [-0.2, 0) is 0 Å². The minimum atomic E-state index is 0.646. The summed E-state index contributed by atoms with van der Waals surface area (Å²) in [6, 6.07) is 11.4. The van der Waals surface area contributed by atoms with E-state index in [4.69, 9.17) is 17.4 Å². The van der Waals surface area contributed by atoms with Crippen molar-refractivity contribution in [1.82, 2.24) is 4.98 Å². The van der Waals surface area contributed by atoms with E-state index < -0.39 is 0 Å². The molecule has 3 N–H and O–H groups in total. The molecule has 0 amide bonds. The van der Waals surface area contributed by atoms with Gasteiger partial charge in [0.15, 0.2) is 0 Å². The van der Waals surface area contributed by atoms with E-state index in [-0.39, 0.29) is 0 Å². The van der Waals surface area contributed by atoms with Gasteiger partial charge in [0.25, 0.3) is 0 Å². The van der Waals surface area contributed by atoms with Crippen molar-refractivity contribution < 1.29 is 0 Å². The number of benzene rings is 1. The summed E-state index contributed by atoms with van der Waals surface area (Å²) in [5.41, 5.74) is 4.59. The van der Waals surface area contributed by atoms with Crippen LogP contribution < -0.4 is 11.3 Å². The van der Waals surface area contributed by atoms with Gasteiger partial charge in [-0.15, -0.1) is 0 Å². The molecule has 76 valence electrons. The lowest BCUT2D eigenvalue weighted by Crippen LogP contribution is -2.07. The third-order valence-electron chi connectivity index (χ3n) is 2.09. The normalized spacial score (nSPS) is 10.0. The molecule has 0 unspecified atom stereocenters. The molecule has 0 aliphatic rings. The second kappa shape index (κ2) is 4.29. The van der Waals surface area contributed by atoms with Crippen molar-refractivity contribution in [3.8, 4) is 11.1 Å². The molecule has 1 aromatic heterocycles. The molecule has 1 aromatic carbocycles. The first-order chi connectivity index (χ1) is 7.29. The number of aromatic nitrogens is 1. The van der Waals surface area contributed by atoms with E-state index >= 15 is 0 Å². The van der Waals surface area contributed by atoms with Crippen molar-refractivity contribution in [2.75, 3.05) is 5.43 Å². The van der Waals surface area contributed by atoms with Crippen molar-refractivity contribution in [3.05, 3.63) is 47.6 Å². The van der Waals surface area contributed by atoms with E-state index in [1.165, 1.54) is 0 Å². The summed E-state index contributed by atoms with van der Waals surface area (Å²) in [7, 11) is 0. The maximum absolute atomic E-state index is 5.80. The molecule has 0 saturated carbocycles. The first-order valence-corrected chi connectivity index (χ1v) is 4.86. The van der Waals surface area contributed by atoms with Gasteiger partial charge in [-0.1, -0.05) is 23.7 Å². The van der Waals surface area contributed by atoms with Crippen molar-refractivity contribution in [2.24, 2.45) is 5.84 Å². The molecule has 0 aliphatic carbocycles. The molecule has 0 radical (unpaired) electrons. The molecule has 0 aliphatic heterocycles. The minimum absolute atomic E-state index is 0.646. The number of halogens is 1. The number of rotatable bonds is 2. The number of hydrazine groups is 1. The Balaban J connectivity index is 2.33. The molecule has 2 aromatic rings. The minimum Gasteiger partial charge on any atom is -0.308 e. The van der Waals surface area contributed by atoms with E-state index in [1.54, 1.807) is 6.20 Å². The zero-order valence-corrected chi connectivity index (χ0v) is 8.70. The Bertz CT molecular complexity index is 436. The zero-order chi connectivity index (χ0) is 10.7. The Labute approximate surface area is 92.9 Å². The fourth-order valence-corrected chi connectivity index (χ4v) is 1.42.